The average molecular weight is 322 g/mol. The Morgan fingerprint density at radius 2 is 1.96 bits per heavy atom. The second-order valence-corrected chi connectivity index (χ2v) is 5.23. The number of benzene rings is 2. The highest BCUT2D eigenvalue weighted by molar-refractivity contribution is 6.08. The first-order valence-electron chi connectivity index (χ1n) is 7.44. The quantitative estimate of drug-likeness (QED) is 0.643. The van der Waals surface area contributed by atoms with Crippen LogP contribution in [0.3, 0.4) is 0 Å². The van der Waals surface area contributed by atoms with Crippen LogP contribution in [0.4, 0.5) is 17.1 Å². The Hall–Kier alpha value is -3.28. The van der Waals surface area contributed by atoms with Gasteiger partial charge in [-0.25, -0.2) is 0 Å². The largest absolute Gasteiger partial charge is 0.495 e. The van der Waals surface area contributed by atoms with E-state index in [9.17, 15) is 4.79 Å². The molecule has 3 aromatic rings. The summed E-state index contributed by atoms with van der Waals surface area (Å²) in [6.07, 6.45) is 1.54. The summed E-state index contributed by atoms with van der Waals surface area (Å²) in [4.78, 5) is 16.6. The lowest BCUT2D eigenvalue weighted by atomic mass is 10.1. The number of aromatic nitrogens is 1. The van der Waals surface area contributed by atoms with Crippen molar-refractivity contribution in [2.24, 2.45) is 0 Å². The van der Waals surface area contributed by atoms with Gasteiger partial charge in [0.25, 0.3) is 5.91 Å². The van der Waals surface area contributed by atoms with Gasteiger partial charge in [-0.05, 0) is 18.2 Å². The van der Waals surface area contributed by atoms with Crippen LogP contribution in [0, 0.1) is 0 Å². The molecule has 0 unspecified atom stereocenters. The van der Waals surface area contributed by atoms with Gasteiger partial charge in [0.2, 0.25) is 0 Å². The molecule has 0 atom stereocenters. The van der Waals surface area contributed by atoms with Gasteiger partial charge in [-0.2, -0.15) is 0 Å². The minimum atomic E-state index is -0.225. The molecule has 0 aliphatic carbocycles. The van der Waals surface area contributed by atoms with Gasteiger partial charge < -0.3 is 21.1 Å². The van der Waals surface area contributed by atoms with E-state index in [2.05, 4.69) is 15.6 Å². The number of carbonyl (C=O) groups excluding carboxylic acids is 1. The van der Waals surface area contributed by atoms with Gasteiger partial charge in [0, 0.05) is 30.4 Å². The maximum Gasteiger partial charge on any atom is 0.254 e. The molecule has 0 aliphatic rings. The summed E-state index contributed by atoms with van der Waals surface area (Å²) in [5, 5.41) is 6.68. The van der Waals surface area contributed by atoms with Crippen molar-refractivity contribution in [3.05, 3.63) is 54.2 Å². The summed E-state index contributed by atoms with van der Waals surface area (Å²) in [5.41, 5.74) is 9.17. The Bertz CT molecular complexity index is 894. The SMILES string of the molecule is CNC(=O)c1cnc2cc(OC)c(N)cc2c1Nc1ccccc1. The number of para-hydroxylation sites is 1. The van der Waals surface area contributed by atoms with Crippen LogP contribution in [-0.4, -0.2) is 25.0 Å². The first kappa shape index (κ1) is 15.6. The summed E-state index contributed by atoms with van der Waals surface area (Å²) in [5.74, 6) is 0.325. The fourth-order valence-electron chi connectivity index (χ4n) is 2.52. The minimum absolute atomic E-state index is 0.225. The Kier molecular flexibility index (Phi) is 4.20. The first-order valence-corrected chi connectivity index (χ1v) is 7.44. The fourth-order valence-corrected chi connectivity index (χ4v) is 2.52. The van der Waals surface area contributed by atoms with Crippen molar-refractivity contribution in [3.8, 4) is 5.75 Å². The van der Waals surface area contributed by atoms with E-state index in [1.54, 1.807) is 32.5 Å². The molecule has 0 fully saturated rings. The van der Waals surface area contributed by atoms with Crippen LogP contribution in [-0.2, 0) is 0 Å². The van der Waals surface area contributed by atoms with Crippen LogP contribution in [0.15, 0.2) is 48.7 Å². The molecule has 1 amide bonds. The summed E-state index contributed by atoms with van der Waals surface area (Å²) in [6, 6.07) is 13.1. The van der Waals surface area contributed by atoms with Gasteiger partial charge >= 0.3 is 0 Å². The molecule has 0 aliphatic heterocycles. The van der Waals surface area contributed by atoms with Crippen LogP contribution < -0.4 is 21.1 Å². The van der Waals surface area contributed by atoms with Crippen LogP contribution in [0.1, 0.15) is 10.4 Å². The van der Waals surface area contributed by atoms with Crippen molar-refractivity contribution in [1.29, 1.82) is 0 Å². The number of nitrogen functional groups attached to an aromatic ring is 1. The fraction of sp³-hybridized carbons (Fsp3) is 0.111. The molecule has 122 valence electrons. The highest BCUT2D eigenvalue weighted by Crippen LogP contribution is 2.34. The van der Waals surface area contributed by atoms with Gasteiger partial charge in [0.1, 0.15) is 5.75 Å². The standard InChI is InChI=1S/C18H18N4O2/c1-20-18(23)13-10-21-15-9-16(24-2)14(19)8-12(15)17(13)22-11-6-4-3-5-7-11/h3-10H,19H2,1-2H3,(H,20,23)(H,21,22). The molecule has 6 heteroatoms. The Balaban J connectivity index is 2.23. The number of rotatable bonds is 4. The van der Waals surface area contributed by atoms with E-state index >= 15 is 0 Å². The number of methoxy groups -OCH3 is 1. The van der Waals surface area contributed by atoms with E-state index in [0.29, 0.717) is 28.2 Å². The number of nitrogens with zero attached hydrogens (tertiary/aromatic N) is 1. The van der Waals surface area contributed by atoms with E-state index in [-0.39, 0.29) is 5.91 Å². The topological polar surface area (TPSA) is 89.3 Å². The lowest BCUT2D eigenvalue weighted by molar-refractivity contribution is 0.0963. The molecule has 3 rings (SSSR count). The van der Waals surface area contributed by atoms with Gasteiger partial charge in [-0.1, -0.05) is 18.2 Å². The summed E-state index contributed by atoms with van der Waals surface area (Å²) >= 11 is 0. The normalized spacial score (nSPS) is 10.4. The van der Waals surface area contributed by atoms with E-state index in [1.807, 2.05) is 30.3 Å². The molecule has 0 radical (unpaired) electrons. The molecule has 2 aromatic carbocycles. The molecule has 24 heavy (non-hydrogen) atoms. The average Bonchev–Trinajstić information content (AvgIpc) is 2.62. The molecule has 1 heterocycles. The maximum atomic E-state index is 12.2. The summed E-state index contributed by atoms with van der Waals surface area (Å²) in [6.45, 7) is 0. The van der Waals surface area contributed by atoms with Gasteiger partial charge in [0.05, 0.1) is 29.6 Å². The van der Waals surface area contributed by atoms with Crippen molar-refractivity contribution >= 4 is 33.9 Å². The smallest absolute Gasteiger partial charge is 0.254 e. The Morgan fingerprint density at radius 3 is 2.62 bits per heavy atom. The van der Waals surface area contributed by atoms with Crippen molar-refractivity contribution in [1.82, 2.24) is 10.3 Å². The molecule has 0 spiro atoms. The molecular formula is C18H18N4O2. The number of fused-ring (bicyclic) bond motifs is 1. The number of carbonyl (C=O) groups is 1. The Morgan fingerprint density at radius 1 is 1.21 bits per heavy atom. The van der Waals surface area contributed by atoms with Gasteiger partial charge in [0.15, 0.2) is 0 Å². The van der Waals surface area contributed by atoms with Crippen molar-refractivity contribution in [2.75, 3.05) is 25.2 Å². The van der Waals surface area contributed by atoms with E-state index in [0.717, 1.165) is 11.1 Å². The number of pyridine rings is 1. The molecule has 6 nitrogen and oxygen atoms in total. The third-order valence-electron chi connectivity index (χ3n) is 3.73. The number of nitrogens with two attached hydrogens (primary N) is 1. The van der Waals surface area contributed by atoms with Crippen molar-refractivity contribution < 1.29 is 9.53 Å². The summed E-state index contributed by atoms with van der Waals surface area (Å²) in [7, 11) is 3.14. The van der Waals surface area contributed by atoms with Gasteiger partial charge in [-0.15, -0.1) is 0 Å². The Labute approximate surface area is 139 Å². The predicted molar refractivity (Wildman–Crippen MR) is 95.8 cm³/mol. The number of amides is 1. The van der Waals surface area contributed by atoms with E-state index < -0.39 is 0 Å². The number of nitrogens with one attached hydrogen (secondary N) is 2. The lowest BCUT2D eigenvalue weighted by Gasteiger charge is -2.15. The third kappa shape index (κ3) is 2.81. The van der Waals surface area contributed by atoms with Crippen LogP contribution >= 0.6 is 0 Å². The zero-order chi connectivity index (χ0) is 17.1. The van der Waals surface area contributed by atoms with Crippen molar-refractivity contribution in [3.63, 3.8) is 0 Å². The molecule has 4 N–H and O–H groups in total. The molecule has 0 saturated heterocycles. The van der Waals surface area contributed by atoms with E-state index in [1.165, 1.54) is 0 Å². The third-order valence-corrected chi connectivity index (χ3v) is 3.73. The van der Waals surface area contributed by atoms with Crippen molar-refractivity contribution in [2.45, 2.75) is 0 Å². The first-order chi connectivity index (χ1) is 11.6. The molecule has 0 bridgehead atoms. The predicted octanol–water partition coefficient (Wildman–Crippen LogP) is 2.93. The zero-order valence-electron chi connectivity index (χ0n) is 13.5. The summed E-state index contributed by atoms with van der Waals surface area (Å²) < 4.78 is 5.25. The lowest BCUT2D eigenvalue weighted by Crippen LogP contribution is -2.19. The monoisotopic (exact) mass is 322 g/mol. The highest BCUT2D eigenvalue weighted by atomic mass is 16.5. The van der Waals surface area contributed by atoms with Gasteiger partial charge in [-0.3, -0.25) is 9.78 Å². The van der Waals surface area contributed by atoms with Crippen LogP contribution in [0.5, 0.6) is 5.75 Å². The van der Waals surface area contributed by atoms with Crippen LogP contribution in [0.2, 0.25) is 0 Å². The highest BCUT2D eigenvalue weighted by Gasteiger charge is 2.16. The molecule has 0 saturated carbocycles. The minimum Gasteiger partial charge on any atom is -0.495 e. The second kappa shape index (κ2) is 6.45. The maximum absolute atomic E-state index is 12.2. The number of ether oxygens (including phenoxy) is 1. The molecular weight excluding hydrogens is 304 g/mol. The molecule has 1 aromatic heterocycles. The van der Waals surface area contributed by atoms with E-state index in [4.69, 9.17) is 10.5 Å². The number of anilines is 3. The van der Waals surface area contributed by atoms with Crippen LogP contribution in [0.25, 0.3) is 10.9 Å². The number of hydrogen-bond acceptors (Lipinski definition) is 5. The second-order valence-electron chi connectivity index (χ2n) is 5.23. The zero-order valence-corrected chi connectivity index (χ0v) is 13.5. The number of hydrogen-bond donors (Lipinski definition) is 3.